The van der Waals surface area contributed by atoms with E-state index in [2.05, 4.69) is 17.6 Å². The monoisotopic (exact) mass is 290 g/mol. The Morgan fingerprint density at radius 3 is 2.75 bits per heavy atom. The molecule has 0 unspecified atom stereocenters. The number of ether oxygens (including phenoxy) is 1. The molecule has 3 nitrogen and oxygen atoms in total. The van der Waals surface area contributed by atoms with Crippen LogP contribution in [-0.2, 0) is 6.54 Å². The van der Waals surface area contributed by atoms with Gasteiger partial charge < -0.3 is 10.1 Å². The molecule has 1 aromatic rings. The SMILES string of the molecule is CSC1CCC(NCc2ccccc2OCC#N)CC1. The van der Waals surface area contributed by atoms with Gasteiger partial charge in [0.05, 0.1) is 0 Å². The standard InChI is InChI=1S/C16H22N2OS/c1-20-15-8-6-14(7-9-15)18-12-13-4-2-3-5-16(13)19-11-10-17/h2-5,14-15,18H,6-9,11-12H2,1H3. The fourth-order valence-electron chi connectivity index (χ4n) is 2.66. The van der Waals surface area contributed by atoms with Gasteiger partial charge in [0.1, 0.15) is 11.8 Å². The Morgan fingerprint density at radius 1 is 1.30 bits per heavy atom. The van der Waals surface area contributed by atoms with Gasteiger partial charge in [-0.3, -0.25) is 0 Å². The molecule has 1 saturated carbocycles. The highest BCUT2D eigenvalue weighted by Gasteiger charge is 2.20. The summed E-state index contributed by atoms with van der Waals surface area (Å²) in [5.41, 5.74) is 1.13. The third kappa shape index (κ3) is 4.43. The van der Waals surface area contributed by atoms with Gasteiger partial charge in [0, 0.05) is 23.4 Å². The summed E-state index contributed by atoms with van der Waals surface area (Å²) in [6, 6.07) is 10.6. The van der Waals surface area contributed by atoms with Crippen molar-refractivity contribution in [2.45, 2.75) is 43.5 Å². The second-order valence-corrected chi connectivity index (χ2v) is 6.28. The Balaban J connectivity index is 1.83. The first-order valence-electron chi connectivity index (χ1n) is 7.17. The molecular weight excluding hydrogens is 268 g/mol. The third-order valence-corrected chi connectivity index (χ3v) is 4.99. The molecule has 4 heteroatoms. The Labute approximate surface area is 125 Å². The number of para-hydroxylation sites is 1. The van der Waals surface area contributed by atoms with E-state index in [9.17, 15) is 0 Å². The molecule has 1 fully saturated rings. The Bertz CT molecular complexity index is 450. The average molecular weight is 290 g/mol. The van der Waals surface area contributed by atoms with E-state index in [0.29, 0.717) is 6.04 Å². The van der Waals surface area contributed by atoms with E-state index in [1.807, 2.05) is 36.0 Å². The minimum absolute atomic E-state index is 0.107. The van der Waals surface area contributed by atoms with E-state index in [0.717, 1.165) is 23.1 Å². The van der Waals surface area contributed by atoms with Crippen LogP contribution in [-0.4, -0.2) is 24.2 Å². The first kappa shape index (κ1) is 15.2. The van der Waals surface area contributed by atoms with E-state index in [1.165, 1.54) is 25.7 Å². The number of hydrogen-bond acceptors (Lipinski definition) is 4. The predicted molar refractivity (Wildman–Crippen MR) is 83.9 cm³/mol. The molecular formula is C16H22N2OS. The van der Waals surface area contributed by atoms with Crippen molar-refractivity contribution in [2.75, 3.05) is 12.9 Å². The number of rotatable bonds is 6. The average Bonchev–Trinajstić information content (AvgIpc) is 2.52. The summed E-state index contributed by atoms with van der Waals surface area (Å²) < 4.78 is 5.46. The maximum atomic E-state index is 8.61. The van der Waals surface area contributed by atoms with Gasteiger partial charge in [0.2, 0.25) is 0 Å². The first-order valence-corrected chi connectivity index (χ1v) is 8.46. The number of hydrogen-bond donors (Lipinski definition) is 1. The molecule has 20 heavy (non-hydrogen) atoms. The summed E-state index contributed by atoms with van der Waals surface area (Å²) in [5.74, 6) is 0.819. The summed E-state index contributed by atoms with van der Waals surface area (Å²) in [6.07, 6.45) is 7.34. The minimum atomic E-state index is 0.107. The van der Waals surface area contributed by atoms with Crippen LogP contribution in [0.15, 0.2) is 24.3 Å². The van der Waals surface area contributed by atoms with Crippen molar-refractivity contribution in [1.82, 2.24) is 5.32 Å². The lowest BCUT2D eigenvalue weighted by Gasteiger charge is -2.28. The molecule has 0 aliphatic heterocycles. The largest absolute Gasteiger partial charge is 0.478 e. The maximum absolute atomic E-state index is 8.61. The van der Waals surface area contributed by atoms with E-state index in [1.54, 1.807) is 0 Å². The summed E-state index contributed by atoms with van der Waals surface area (Å²) in [4.78, 5) is 0. The van der Waals surface area contributed by atoms with Gasteiger partial charge in [0.25, 0.3) is 0 Å². The summed E-state index contributed by atoms with van der Waals surface area (Å²) in [7, 11) is 0. The molecule has 1 aliphatic carbocycles. The van der Waals surface area contributed by atoms with Crippen molar-refractivity contribution < 1.29 is 4.74 Å². The zero-order chi connectivity index (χ0) is 14.2. The van der Waals surface area contributed by atoms with Gasteiger partial charge in [-0.05, 0) is 38.0 Å². The predicted octanol–water partition coefficient (Wildman–Crippen LogP) is 3.35. The Kier molecular flexibility index (Phi) is 6.23. The van der Waals surface area contributed by atoms with Gasteiger partial charge in [-0.1, -0.05) is 18.2 Å². The topological polar surface area (TPSA) is 45.0 Å². The van der Waals surface area contributed by atoms with Crippen molar-refractivity contribution in [3.63, 3.8) is 0 Å². The lowest BCUT2D eigenvalue weighted by Crippen LogP contribution is -2.33. The quantitative estimate of drug-likeness (QED) is 0.872. The van der Waals surface area contributed by atoms with Crippen LogP contribution in [0.5, 0.6) is 5.75 Å². The van der Waals surface area contributed by atoms with Crippen LogP contribution in [0.3, 0.4) is 0 Å². The molecule has 0 aromatic heterocycles. The van der Waals surface area contributed by atoms with E-state index in [4.69, 9.17) is 10.00 Å². The molecule has 0 heterocycles. The molecule has 108 valence electrons. The molecule has 1 N–H and O–H groups in total. The van der Waals surface area contributed by atoms with E-state index in [-0.39, 0.29) is 6.61 Å². The van der Waals surface area contributed by atoms with Crippen LogP contribution in [0, 0.1) is 11.3 Å². The summed E-state index contributed by atoms with van der Waals surface area (Å²) in [6.45, 7) is 0.923. The van der Waals surface area contributed by atoms with E-state index < -0.39 is 0 Å². The van der Waals surface area contributed by atoms with Crippen LogP contribution in [0.2, 0.25) is 0 Å². The highest BCUT2D eigenvalue weighted by atomic mass is 32.2. The molecule has 2 rings (SSSR count). The van der Waals surface area contributed by atoms with E-state index >= 15 is 0 Å². The maximum Gasteiger partial charge on any atom is 0.174 e. The third-order valence-electron chi connectivity index (χ3n) is 3.85. The van der Waals surface area contributed by atoms with Gasteiger partial charge in [-0.2, -0.15) is 17.0 Å². The molecule has 0 bridgehead atoms. The fourth-order valence-corrected chi connectivity index (χ4v) is 3.40. The minimum Gasteiger partial charge on any atom is -0.478 e. The second-order valence-electron chi connectivity index (χ2n) is 5.14. The van der Waals surface area contributed by atoms with Crippen LogP contribution >= 0.6 is 11.8 Å². The lowest BCUT2D eigenvalue weighted by molar-refractivity contribution is 0.352. The number of nitrogens with zero attached hydrogens (tertiary/aromatic N) is 1. The Hall–Kier alpha value is -1.18. The van der Waals surface area contributed by atoms with Crippen molar-refractivity contribution in [3.05, 3.63) is 29.8 Å². The van der Waals surface area contributed by atoms with Gasteiger partial charge >= 0.3 is 0 Å². The summed E-state index contributed by atoms with van der Waals surface area (Å²) >= 11 is 2.00. The van der Waals surface area contributed by atoms with Crippen LogP contribution in [0.4, 0.5) is 0 Å². The van der Waals surface area contributed by atoms with Crippen molar-refractivity contribution in [3.8, 4) is 11.8 Å². The molecule has 1 aliphatic rings. The lowest BCUT2D eigenvalue weighted by atomic mass is 9.95. The fraction of sp³-hybridized carbons (Fsp3) is 0.562. The normalized spacial score (nSPS) is 22.2. The molecule has 0 saturated heterocycles. The van der Waals surface area contributed by atoms with Gasteiger partial charge in [-0.15, -0.1) is 0 Å². The zero-order valence-electron chi connectivity index (χ0n) is 12.0. The van der Waals surface area contributed by atoms with Crippen LogP contribution < -0.4 is 10.1 Å². The molecule has 0 amide bonds. The Morgan fingerprint density at radius 2 is 2.05 bits per heavy atom. The number of benzene rings is 1. The molecule has 0 radical (unpaired) electrons. The molecule has 0 atom stereocenters. The number of nitriles is 1. The number of thioether (sulfide) groups is 1. The molecule has 0 spiro atoms. The van der Waals surface area contributed by atoms with Crippen LogP contribution in [0.1, 0.15) is 31.2 Å². The van der Waals surface area contributed by atoms with Crippen molar-refractivity contribution in [1.29, 1.82) is 5.26 Å². The molecule has 1 aromatic carbocycles. The number of nitrogens with one attached hydrogen (secondary N) is 1. The second kappa shape index (κ2) is 8.18. The van der Waals surface area contributed by atoms with Crippen molar-refractivity contribution in [2.24, 2.45) is 0 Å². The van der Waals surface area contributed by atoms with Crippen molar-refractivity contribution >= 4 is 11.8 Å². The zero-order valence-corrected chi connectivity index (χ0v) is 12.8. The summed E-state index contributed by atoms with van der Waals surface area (Å²) in [5, 5.41) is 13.1. The van der Waals surface area contributed by atoms with Crippen LogP contribution in [0.25, 0.3) is 0 Å². The van der Waals surface area contributed by atoms with Gasteiger partial charge in [0.15, 0.2) is 6.61 Å². The smallest absolute Gasteiger partial charge is 0.174 e. The highest BCUT2D eigenvalue weighted by molar-refractivity contribution is 7.99. The highest BCUT2D eigenvalue weighted by Crippen LogP contribution is 2.27. The first-order chi connectivity index (χ1) is 9.83. The van der Waals surface area contributed by atoms with Gasteiger partial charge in [-0.25, -0.2) is 0 Å².